The van der Waals surface area contributed by atoms with Crippen LogP contribution >= 0.6 is 0 Å². The zero-order valence-corrected chi connectivity index (χ0v) is 10.7. The van der Waals surface area contributed by atoms with Crippen molar-refractivity contribution in [2.24, 2.45) is 5.92 Å². The van der Waals surface area contributed by atoms with Gasteiger partial charge in [0.2, 0.25) is 5.91 Å². The number of aromatic hydroxyl groups is 1. The van der Waals surface area contributed by atoms with Crippen molar-refractivity contribution in [3.63, 3.8) is 0 Å². The van der Waals surface area contributed by atoms with E-state index in [9.17, 15) is 24.8 Å². The molecule has 0 heterocycles. The number of nitrogens with zero attached hydrogens (tertiary/aromatic N) is 1. The van der Waals surface area contributed by atoms with Gasteiger partial charge in [0, 0.05) is 25.0 Å². The highest BCUT2D eigenvalue weighted by Gasteiger charge is 2.16. The molecule has 0 aliphatic carbocycles. The average molecular weight is 282 g/mol. The third-order valence-corrected chi connectivity index (χ3v) is 2.52. The smallest absolute Gasteiger partial charge is 0.303 e. The van der Waals surface area contributed by atoms with E-state index in [1.54, 1.807) is 6.92 Å². The van der Waals surface area contributed by atoms with E-state index in [0.717, 1.165) is 18.2 Å². The number of aliphatic carboxylic acids is 1. The molecule has 0 unspecified atom stereocenters. The van der Waals surface area contributed by atoms with Crippen LogP contribution in [0.15, 0.2) is 18.2 Å². The molecule has 1 rings (SSSR count). The minimum atomic E-state index is -1.01. The maximum absolute atomic E-state index is 11.7. The lowest BCUT2D eigenvalue weighted by Gasteiger charge is -2.10. The summed E-state index contributed by atoms with van der Waals surface area (Å²) in [5.41, 5.74) is -0.344. The standard InChI is InChI=1S/C12H14N2O6/c1-7(5-12(17)18)4-11(16)13-9-6-8(14(19)20)2-3-10(9)15/h2-3,6-7,15H,4-5H2,1H3,(H,13,16)(H,17,18)/t7-/m1/s1. The van der Waals surface area contributed by atoms with Gasteiger partial charge in [-0.15, -0.1) is 0 Å². The molecule has 0 aliphatic rings. The van der Waals surface area contributed by atoms with Crippen LogP contribution in [0.25, 0.3) is 0 Å². The van der Waals surface area contributed by atoms with Crippen LogP contribution in [-0.2, 0) is 9.59 Å². The molecule has 1 atom stereocenters. The second kappa shape index (κ2) is 6.50. The highest BCUT2D eigenvalue weighted by atomic mass is 16.6. The molecule has 0 saturated carbocycles. The molecule has 8 heteroatoms. The summed E-state index contributed by atoms with van der Waals surface area (Å²) >= 11 is 0. The van der Waals surface area contributed by atoms with E-state index in [2.05, 4.69) is 5.32 Å². The zero-order chi connectivity index (χ0) is 15.3. The number of non-ortho nitro benzene ring substituents is 1. The van der Waals surface area contributed by atoms with E-state index in [0.29, 0.717) is 0 Å². The summed E-state index contributed by atoms with van der Waals surface area (Å²) in [6.07, 6.45) is -0.219. The third-order valence-electron chi connectivity index (χ3n) is 2.52. The molecular formula is C12H14N2O6. The number of amides is 1. The van der Waals surface area contributed by atoms with E-state index < -0.39 is 16.8 Å². The number of phenolic OH excluding ortho intramolecular Hbond substituents is 1. The van der Waals surface area contributed by atoms with Gasteiger partial charge in [0.15, 0.2) is 0 Å². The molecule has 20 heavy (non-hydrogen) atoms. The van der Waals surface area contributed by atoms with Crippen molar-refractivity contribution in [2.45, 2.75) is 19.8 Å². The highest BCUT2D eigenvalue weighted by Crippen LogP contribution is 2.28. The Morgan fingerprint density at radius 1 is 1.40 bits per heavy atom. The predicted octanol–water partition coefficient (Wildman–Crippen LogP) is 1.74. The molecule has 8 nitrogen and oxygen atoms in total. The fourth-order valence-electron chi connectivity index (χ4n) is 1.63. The van der Waals surface area contributed by atoms with Crippen molar-refractivity contribution in [3.05, 3.63) is 28.3 Å². The number of nitro benzene ring substituents is 1. The Hall–Kier alpha value is -2.64. The monoisotopic (exact) mass is 282 g/mol. The van der Waals surface area contributed by atoms with E-state index in [4.69, 9.17) is 5.11 Å². The van der Waals surface area contributed by atoms with Crippen LogP contribution in [0, 0.1) is 16.0 Å². The van der Waals surface area contributed by atoms with Crippen molar-refractivity contribution < 1.29 is 24.7 Å². The molecule has 1 amide bonds. The van der Waals surface area contributed by atoms with Gasteiger partial charge in [0.1, 0.15) is 5.75 Å². The lowest BCUT2D eigenvalue weighted by Crippen LogP contribution is -2.17. The predicted molar refractivity (Wildman–Crippen MR) is 69.4 cm³/mol. The van der Waals surface area contributed by atoms with Gasteiger partial charge in [-0.2, -0.15) is 0 Å². The molecule has 1 aromatic rings. The van der Waals surface area contributed by atoms with Crippen molar-refractivity contribution in [3.8, 4) is 5.75 Å². The Labute approximate surface area is 114 Å². The molecule has 3 N–H and O–H groups in total. The second-order valence-corrected chi connectivity index (χ2v) is 4.41. The average Bonchev–Trinajstić information content (AvgIpc) is 2.30. The van der Waals surface area contributed by atoms with Crippen LogP contribution in [0.1, 0.15) is 19.8 Å². The van der Waals surface area contributed by atoms with E-state index in [1.807, 2.05) is 0 Å². The number of anilines is 1. The first-order chi connectivity index (χ1) is 9.29. The number of rotatable bonds is 6. The van der Waals surface area contributed by atoms with Crippen molar-refractivity contribution in [2.75, 3.05) is 5.32 Å². The number of hydrogen-bond acceptors (Lipinski definition) is 5. The SMILES string of the molecule is C[C@@H](CC(=O)O)CC(=O)Nc1cc([N+](=O)[O-])ccc1O. The van der Waals surface area contributed by atoms with E-state index >= 15 is 0 Å². The Bertz CT molecular complexity index is 543. The van der Waals surface area contributed by atoms with Crippen LogP contribution < -0.4 is 5.32 Å². The number of carbonyl (C=O) groups excluding carboxylic acids is 1. The summed E-state index contributed by atoms with van der Waals surface area (Å²) in [6, 6.07) is 3.25. The Morgan fingerprint density at radius 3 is 2.60 bits per heavy atom. The summed E-state index contributed by atoms with van der Waals surface area (Å²) in [5, 5.41) is 31.0. The van der Waals surface area contributed by atoms with Gasteiger partial charge in [-0.25, -0.2) is 0 Å². The zero-order valence-electron chi connectivity index (χ0n) is 10.7. The number of carboxylic acids is 1. The summed E-state index contributed by atoms with van der Waals surface area (Å²) in [5.74, 6) is -2.21. The first-order valence-electron chi connectivity index (χ1n) is 5.78. The van der Waals surface area contributed by atoms with Crippen LogP contribution in [0.3, 0.4) is 0 Å². The fraction of sp³-hybridized carbons (Fsp3) is 0.333. The van der Waals surface area contributed by atoms with Gasteiger partial charge in [0.05, 0.1) is 10.6 Å². The number of nitro groups is 1. The molecule has 0 spiro atoms. The van der Waals surface area contributed by atoms with Gasteiger partial charge in [-0.3, -0.25) is 19.7 Å². The fourth-order valence-corrected chi connectivity index (χ4v) is 1.63. The first-order valence-corrected chi connectivity index (χ1v) is 5.78. The maximum atomic E-state index is 11.7. The van der Waals surface area contributed by atoms with E-state index in [-0.39, 0.29) is 35.9 Å². The number of benzene rings is 1. The lowest BCUT2D eigenvalue weighted by atomic mass is 10.0. The minimum absolute atomic E-state index is 0.0611. The Morgan fingerprint density at radius 2 is 2.05 bits per heavy atom. The highest BCUT2D eigenvalue weighted by molar-refractivity contribution is 5.93. The van der Waals surface area contributed by atoms with Gasteiger partial charge in [-0.1, -0.05) is 6.92 Å². The molecule has 0 aromatic heterocycles. The second-order valence-electron chi connectivity index (χ2n) is 4.41. The van der Waals surface area contributed by atoms with Crippen molar-refractivity contribution in [1.29, 1.82) is 0 Å². The first kappa shape index (κ1) is 15.4. The summed E-state index contributed by atoms with van der Waals surface area (Å²) < 4.78 is 0. The normalized spacial score (nSPS) is 11.7. The van der Waals surface area contributed by atoms with Crippen LogP contribution in [0.4, 0.5) is 11.4 Å². The summed E-state index contributed by atoms with van der Waals surface area (Å²) in [6.45, 7) is 1.60. The quantitative estimate of drug-likeness (QED) is 0.414. The topological polar surface area (TPSA) is 130 Å². The van der Waals surface area contributed by atoms with Crippen LogP contribution in [-0.4, -0.2) is 27.0 Å². The summed E-state index contributed by atoms with van der Waals surface area (Å²) in [4.78, 5) is 32.1. The van der Waals surface area contributed by atoms with Crippen LogP contribution in [0.5, 0.6) is 5.75 Å². The van der Waals surface area contributed by atoms with Gasteiger partial charge >= 0.3 is 5.97 Å². The molecule has 0 bridgehead atoms. The largest absolute Gasteiger partial charge is 0.506 e. The Balaban J connectivity index is 2.72. The number of carboxylic acid groups (broad SMARTS) is 1. The maximum Gasteiger partial charge on any atom is 0.303 e. The van der Waals surface area contributed by atoms with Gasteiger partial charge in [-0.05, 0) is 12.0 Å². The minimum Gasteiger partial charge on any atom is -0.506 e. The molecule has 0 radical (unpaired) electrons. The van der Waals surface area contributed by atoms with Crippen LogP contribution in [0.2, 0.25) is 0 Å². The molecule has 0 aliphatic heterocycles. The summed E-state index contributed by atoms with van der Waals surface area (Å²) in [7, 11) is 0. The Kier molecular flexibility index (Phi) is 5.01. The lowest BCUT2D eigenvalue weighted by molar-refractivity contribution is -0.384. The molecular weight excluding hydrogens is 268 g/mol. The molecule has 0 saturated heterocycles. The van der Waals surface area contributed by atoms with Gasteiger partial charge < -0.3 is 15.5 Å². The number of phenols is 1. The number of carbonyl (C=O) groups is 2. The molecule has 0 fully saturated rings. The van der Waals surface area contributed by atoms with Crippen molar-refractivity contribution >= 4 is 23.3 Å². The number of hydrogen-bond donors (Lipinski definition) is 3. The van der Waals surface area contributed by atoms with Crippen molar-refractivity contribution in [1.82, 2.24) is 0 Å². The third kappa shape index (κ3) is 4.56. The number of nitrogens with one attached hydrogen (secondary N) is 1. The van der Waals surface area contributed by atoms with Gasteiger partial charge in [0.25, 0.3) is 5.69 Å². The molecule has 108 valence electrons. The molecule has 1 aromatic carbocycles. The van der Waals surface area contributed by atoms with E-state index in [1.165, 1.54) is 0 Å².